The van der Waals surface area contributed by atoms with Crippen LogP contribution >= 0.6 is 0 Å². The van der Waals surface area contributed by atoms with Crippen LogP contribution in [0.1, 0.15) is 23.6 Å². The summed E-state index contributed by atoms with van der Waals surface area (Å²) in [5.41, 5.74) is 12.2. The van der Waals surface area contributed by atoms with Crippen molar-refractivity contribution in [2.45, 2.75) is 26.8 Å². The van der Waals surface area contributed by atoms with Crippen molar-refractivity contribution in [2.24, 2.45) is 0 Å². The predicted molar refractivity (Wildman–Crippen MR) is 95.6 cm³/mol. The van der Waals surface area contributed by atoms with E-state index < -0.39 is 0 Å². The molecule has 0 atom stereocenters. The standard InChI is InChI=1S/C18H25N5/c1-5-23(4)18-17(19)20-10-16(21-18)13-8-12(2)15-6-7-22(3)11-14(15)9-13/h8-10H,5-7,11H2,1-4H3,(H2,19,20). The van der Waals surface area contributed by atoms with Crippen LogP contribution in [0.25, 0.3) is 11.3 Å². The van der Waals surface area contributed by atoms with Gasteiger partial charge in [-0.2, -0.15) is 0 Å². The van der Waals surface area contributed by atoms with Crippen LogP contribution in [0.4, 0.5) is 11.6 Å². The summed E-state index contributed by atoms with van der Waals surface area (Å²) in [6.45, 7) is 7.23. The molecule has 0 saturated heterocycles. The molecule has 1 aromatic heterocycles. The molecular formula is C18H25N5. The smallest absolute Gasteiger partial charge is 0.171 e. The lowest BCUT2D eigenvalue weighted by Crippen LogP contribution is -2.27. The van der Waals surface area contributed by atoms with Crippen LogP contribution < -0.4 is 10.6 Å². The highest BCUT2D eigenvalue weighted by Gasteiger charge is 2.17. The lowest BCUT2D eigenvalue weighted by atomic mass is 9.92. The molecule has 5 nitrogen and oxygen atoms in total. The van der Waals surface area contributed by atoms with Gasteiger partial charge >= 0.3 is 0 Å². The molecule has 0 unspecified atom stereocenters. The first-order chi connectivity index (χ1) is 11.0. The summed E-state index contributed by atoms with van der Waals surface area (Å²) in [4.78, 5) is 13.5. The Kier molecular flexibility index (Phi) is 4.22. The van der Waals surface area contributed by atoms with Crippen LogP contribution in [0.2, 0.25) is 0 Å². The van der Waals surface area contributed by atoms with Crippen molar-refractivity contribution >= 4 is 11.6 Å². The normalized spacial score (nSPS) is 14.6. The van der Waals surface area contributed by atoms with E-state index in [1.807, 2.05) is 11.9 Å². The molecule has 0 fully saturated rings. The molecule has 2 N–H and O–H groups in total. The molecule has 2 heterocycles. The van der Waals surface area contributed by atoms with E-state index >= 15 is 0 Å². The Balaban J connectivity index is 2.05. The number of hydrogen-bond donors (Lipinski definition) is 1. The van der Waals surface area contributed by atoms with E-state index in [0.717, 1.165) is 43.1 Å². The van der Waals surface area contributed by atoms with Gasteiger partial charge in [-0.25, -0.2) is 9.97 Å². The van der Waals surface area contributed by atoms with Crippen molar-refractivity contribution in [1.82, 2.24) is 14.9 Å². The highest BCUT2D eigenvalue weighted by Crippen LogP contribution is 2.29. The van der Waals surface area contributed by atoms with Gasteiger partial charge in [0.15, 0.2) is 11.6 Å². The maximum Gasteiger partial charge on any atom is 0.171 e. The van der Waals surface area contributed by atoms with Gasteiger partial charge < -0.3 is 15.5 Å². The number of aromatic nitrogens is 2. The Morgan fingerprint density at radius 3 is 2.87 bits per heavy atom. The average molecular weight is 311 g/mol. The molecule has 5 heteroatoms. The number of nitrogens with zero attached hydrogens (tertiary/aromatic N) is 4. The topological polar surface area (TPSA) is 58.3 Å². The zero-order chi connectivity index (χ0) is 16.6. The van der Waals surface area contributed by atoms with Crippen molar-refractivity contribution in [3.05, 3.63) is 35.0 Å². The molecule has 1 aliphatic heterocycles. The van der Waals surface area contributed by atoms with Gasteiger partial charge in [0.25, 0.3) is 0 Å². The monoisotopic (exact) mass is 311 g/mol. The third kappa shape index (κ3) is 3.01. The number of benzene rings is 1. The van der Waals surface area contributed by atoms with Crippen molar-refractivity contribution in [1.29, 1.82) is 0 Å². The summed E-state index contributed by atoms with van der Waals surface area (Å²) in [7, 11) is 4.15. The summed E-state index contributed by atoms with van der Waals surface area (Å²) in [6.07, 6.45) is 2.89. The molecule has 2 aromatic rings. The van der Waals surface area contributed by atoms with Crippen molar-refractivity contribution in [2.75, 3.05) is 37.8 Å². The summed E-state index contributed by atoms with van der Waals surface area (Å²) < 4.78 is 0. The minimum Gasteiger partial charge on any atom is -0.381 e. The second kappa shape index (κ2) is 6.16. The first kappa shape index (κ1) is 15.7. The maximum absolute atomic E-state index is 5.98. The number of nitrogen functional groups attached to an aromatic ring is 1. The molecule has 122 valence electrons. The van der Waals surface area contributed by atoms with Crippen LogP contribution in [0.15, 0.2) is 18.3 Å². The molecule has 0 radical (unpaired) electrons. The third-order valence-corrected chi connectivity index (χ3v) is 4.66. The lowest BCUT2D eigenvalue weighted by Gasteiger charge is -2.27. The van der Waals surface area contributed by atoms with E-state index in [1.165, 1.54) is 16.7 Å². The minimum atomic E-state index is 0.479. The highest BCUT2D eigenvalue weighted by molar-refractivity contribution is 5.68. The van der Waals surface area contributed by atoms with Crippen LogP contribution in [0.3, 0.4) is 0 Å². The fourth-order valence-corrected chi connectivity index (χ4v) is 3.17. The van der Waals surface area contributed by atoms with Crippen LogP contribution in [0.5, 0.6) is 0 Å². The summed E-state index contributed by atoms with van der Waals surface area (Å²) in [5, 5.41) is 0. The Bertz CT molecular complexity index is 726. The van der Waals surface area contributed by atoms with Gasteiger partial charge in [-0.3, -0.25) is 0 Å². The number of hydrogen-bond acceptors (Lipinski definition) is 5. The van der Waals surface area contributed by atoms with Crippen LogP contribution in [0, 0.1) is 6.92 Å². The number of aryl methyl sites for hydroxylation is 1. The van der Waals surface area contributed by atoms with E-state index in [-0.39, 0.29) is 0 Å². The second-order valence-corrected chi connectivity index (χ2v) is 6.40. The van der Waals surface area contributed by atoms with E-state index in [2.05, 4.69) is 42.9 Å². The van der Waals surface area contributed by atoms with Gasteiger partial charge in [0.2, 0.25) is 0 Å². The minimum absolute atomic E-state index is 0.479. The van der Waals surface area contributed by atoms with E-state index in [4.69, 9.17) is 10.7 Å². The van der Waals surface area contributed by atoms with E-state index in [0.29, 0.717) is 5.82 Å². The summed E-state index contributed by atoms with van der Waals surface area (Å²) in [5.74, 6) is 1.23. The SMILES string of the molecule is CCN(C)c1nc(-c2cc(C)c3c(c2)CN(C)CC3)cnc1N. The van der Waals surface area contributed by atoms with Gasteiger partial charge in [-0.05, 0) is 56.1 Å². The number of rotatable bonds is 3. The van der Waals surface area contributed by atoms with E-state index in [1.54, 1.807) is 6.20 Å². The van der Waals surface area contributed by atoms with Crippen molar-refractivity contribution < 1.29 is 0 Å². The maximum atomic E-state index is 5.98. The zero-order valence-corrected chi connectivity index (χ0v) is 14.4. The first-order valence-electron chi connectivity index (χ1n) is 8.14. The van der Waals surface area contributed by atoms with Gasteiger partial charge in [-0.1, -0.05) is 0 Å². The number of fused-ring (bicyclic) bond motifs is 1. The quantitative estimate of drug-likeness (QED) is 0.943. The largest absolute Gasteiger partial charge is 0.381 e. The average Bonchev–Trinajstić information content (AvgIpc) is 2.54. The molecule has 1 aromatic carbocycles. The van der Waals surface area contributed by atoms with Gasteiger partial charge in [0, 0.05) is 32.2 Å². The Labute approximate surface area is 138 Å². The van der Waals surface area contributed by atoms with Gasteiger partial charge in [0.05, 0.1) is 11.9 Å². The molecule has 0 spiro atoms. The van der Waals surface area contributed by atoms with Gasteiger partial charge in [0.1, 0.15) is 0 Å². The molecule has 1 aliphatic rings. The van der Waals surface area contributed by atoms with Crippen molar-refractivity contribution in [3.63, 3.8) is 0 Å². The molecule has 3 rings (SSSR count). The Hall–Kier alpha value is -2.14. The number of anilines is 2. The first-order valence-corrected chi connectivity index (χ1v) is 8.14. The fraction of sp³-hybridized carbons (Fsp3) is 0.444. The highest BCUT2D eigenvalue weighted by atomic mass is 15.2. The van der Waals surface area contributed by atoms with Gasteiger partial charge in [-0.15, -0.1) is 0 Å². The Morgan fingerprint density at radius 1 is 1.35 bits per heavy atom. The second-order valence-electron chi connectivity index (χ2n) is 6.40. The Morgan fingerprint density at radius 2 is 2.13 bits per heavy atom. The van der Waals surface area contributed by atoms with Crippen LogP contribution in [-0.2, 0) is 13.0 Å². The molecule has 0 bridgehead atoms. The van der Waals surface area contributed by atoms with E-state index in [9.17, 15) is 0 Å². The van der Waals surface area contributed by atoms with Crippen LogP contribution in [-0.4, -0.2) is 42.1 Å². The number of likely N-dealkylation sites (N-methyl/N-ethyl adjacent to an activating group) is 1. The number of nitrogens with two attached hydrogens (primary N) is 1. The molecule has 0 amide bonds. The predicted octanol–water partition coefficient (Wildman–Crippen LogP) is 2.48. The zero-order valence-electron chi connectivity index (χ0n) is 14.4. The lowest BCUT2D eigenvalue weighted by molar-refractivity contribution is 0.312. The molecule has 23 heavy (non-hydrogen) atoms. The third-order valence-electron chi connectivity index (χ3n) is 4.66. The summed E-state index contributed by atoms with van der Waals surface area (Å²) in [6, 6.07) is 4.48. The van der Waals surface area contributed by atoms with Crippen molar-refractivity contribution in [3.8, 4) is 11.3 Å². The summed E-state index contributed by atoms with van der Waals surface area (Å²) >= 11 is 0. The molecule has 0 aliphatic carbocycles. The molecule has 0 saturated carbocycles. The molecular weight excluding hydrogens is 286 g/mol. The fourth-order valence-electron chi connectivity index (χ4n) is 3.17.